The molecule has 1 unspecified atom stereocenters. The van der Waals surface area contributed by atoms with Crippen molar-refractivity contribution >= 4 is 12.4 Å². The number of carboxylic acid groups (broad SMARTS) is 1. The standard InChI is InChI=1S/C15H24O4/c1-4-5-6-7-8-9-12(2)15(19-11-16)13(3)10-14(17)18/h9-11,15H,4-8H2,1-3H3,(H,17,18)/b12-9+,13-10-. The van der Waals surface area contributed by atoms with Crippen LogP contribution in [0, 0.1) is 0 Å². The molecule has 1 N–H and O–H groups in total. The van der Waals surface area contributed by atoms with E-state index in [2.05, 4.69) is 6.92 Å². The van der Waals surface area contributed by atoms with Gasteiger partial charge in [-0.1, -0.05) is 32.3 Å². The third-order valence-electron chi connectivity index (χ3n) is 2.89. The Bertz CT molecular complexity index is 342. The lowest BCUT2D eigenvalue weighted by atomic mass is 10.0. The van der Waals surface area contributed by atoms with Crippen molar-refractivity contribution in [3.8, 4) is 0 Å². The first-order chi connectivity index (χ1) is 9.02. The molecule has 19 heavy (non-hydrogen) atoms. The van der Waals surface area contributed by atoms with Crippen LogP contribution < -0.4 is 0 Å². The molecule has 0 fully saturated rings. The van der Waals surface area contributed by atoms with E-state index >= 15 is 0 Å². The molecule has 0 radical (unpaired) electrons. The summed E-state index contributed by atoms with van der Waals surface area (Å²) >= 11 is 0. The van der Waals surface area contributed by atoms with Crippen molar-refractivity contribution in [3.05, 3.63) is 23.3 Å². The molecule has 1 atom stereocenters. The van der Waals surface area contributed by atoms with Crippen LogP contribution in [0.25, 0.3) is 0 Å². The SMILES string of the molecule is CCCCCC/C=C(\C)C(OC=O)/C(C)=C\C(=O)O. The molecule has 4 heteroatoms. The molecule has 0 aliphatic carbocycles. The predicted octanol–water partition coefficient (Wildman–Crippen LogP) is 3.48. The second kappa shape index (κ2) is 10.4. The molecule has 108 valence electrons. The summed E-state index contributed by atoms with van der Waals surface area (Å²) in [5.41, 5.74) is 1.39. The first kappa shape index (κ1) is 17.4. The van der Waals surface area contributed by atoms with Crippen molar-refractivity contribution in [2.24, 2.45) is 0 Å². The zero-order valence-electron chi connectivity index (χ0n) is 12.0. The van der Waals surface area contributed by atoms with E-state index in [1.807, 2.05) is 13.0 Å². The van der Waals surface area contributed by atoms with Gasteiger partial charge in [-0.2, -0.15) is 0 Å². The van der Waals surface area contributed by atoms with Crippen molar-refractivity contribution in [2.75, 3.05) is 0 Å². The molecule has 0 bridgehead atoms. The van der Waals surface area contributed by atoms with Gasteiger partial charge in [-0.15, -0.1) is 0 Å². The van der Waals surface area contributed by atoms with Gasteiger partial charge in [-0.3, -0.25) is 4.79 Å². The molecule has 4 nitrogen and oxygen atoms in total. The first-order valence-electron chi connectivity index (χ1n) is 6.69. The summed E-state index contributed by atoms with van der Waals surface area (Å²) in [6.45, 7) is 6.03. The maximum atomic E-state index is 10.6. The molecule has 0 saturated heterocycles. The van der Waals surface area contributed by atoms with Gasteiger partial charge in [-0.05, 0) is 37.8 Å². The van der Waals surface area contributed by atoms with Gasteiger partial charge in [0.05, 0.1) is 0 Å². The van der Waals surface area contributed by atoms with E-state index in [4.69, 9.17) is 9.84 Å². The second-order valence-corrected chi connectivity index (χ2v) is 4.64. The number of carboxylic acids is 1. The van der Waals surface area contributed by atoms with Gasteiger partial charge in [0.25, 0.3) is 6.47 Å². The van der Waals surface area contributed by atoms with E-state index in [0.29, 0.717) is 12.0 Å². The van der Waals surface area contributed by atoms with E-state index in [9.17, 15) is 9.59 Å². The van der Waals surface area contributed by atoms with Crippen LogP contribution in [0.4, 0.5) is 0 Å². The highest BCUT2D eigenvalue weighted by Crippen LogP contribution is 2.16. The number of ether oxygens (including phenoxy) is 1. The zero-order chi connectivity index (χ0) is 14.7. The molecule has 0 aromatic rings. The number of aliphatic carboxylic acids is 1. The van der Waals surface area contributed by atoms with Crippen LogP contribution in [-0.2, 0) is 14.3 Å². The third-order valence-corrected chi connectivity index (χ3v) is 2.89. The Labute approximate surface area is 115 Å². The monoisotopic (exact) mass is 268 g/mol. The molecule has 0 aliphatic rings. The molecular formula is C15H24O4. The molecule has 0 aromatic carbocycles. The summed E-state index contributed by atoms with van der Waals surface area (Å²) in [5, 5.41) is 8.72. The quantitative estimate of drug-likeness (QED) is 0.285. The predicted molar refractivity (Wildman–Crippen MR) is 74.8 cm³/mol. The van der Waals surface area contributed by atoms with Crippen molar-refractivity contribution in [1.29, 1.82) is 0 Å². The molecule has 0 heterocycles. The number of carbonyl (C=O) groups excluding carboxylic acids is 1. The average molecular weight is 268 g/mol. The van der Waals surface area contributed by atoms with Gasteiger partial charge in [0.15, 0.2) is 0 Å². The van der Waals surface area contributed by atoms with Gasteiger partial charge >= 0.3 is 5.97 Å². The Morgan fingerprint density at radius 2 is 1.89 bits per heavy atom. The number of rotatable bonds is 10. The maximum absolute atomic E-state index is 10.6. The molecule has 0 spiro atoms. The molecule has 0 rings (SSSR count). The Morgan fingerprint density at radius 1 is 1.21 bits per heavy atom. The molecule has 0 aromatic heterocycles. The summed E-state index contributed by atoms with van der Waals surface area (Å²) < 4.78 is 4.96. The van der Waals surface area contributed by atoms with Gasteiger partial charge in [-0.25, -0.2) is 4.79 Å². The lowest BCUT2D eigenvalue weighted by Gasteiger charge is -2.16. The smallest absolute Gasteiger partial charge is 0.328 e. The summed E-state index contributed by atoms with van der Waals surface area (Å²) in [7, 11) is 0. The van der Waals surface area contributed by atoms with Gasteiger partial charge in [0.2, 0.25) is 0 Å². The Balaban J connectivity index is 4.55. The fourth-order valence-corrected chi connectivity index (χ4v) is 1.91. The number of allylic oxidation sites excluding steroid dienone is 1. The molecule has 0 amide bonds. The van der Waals surface area contributed by atoms with Crippen LogP contribution in [0.15, 0.2) is 23.3 Å². The van der Waals surface area contributed by atoms with Gasteiger partial charge in [0.1, 0.15) is 6.10 Å². The Hall–Kier alpha value is -1.58. The third kappa shape index (κ3) is 8.19. The Kier molecular flexibility index (Phi) is 9.49. The topological polar surface area (TPSA) is 63.6 Å². The summed E-state index contributed by atoms with van der Waals surface area (Å²) in [6, 6.07) is 0. The maximum Gasteiger partial charge on any atom is 0.328 e. The fourth-order valence-electron chi connectivity index (χ4n) is 1.91. The number of hydrogen-bond acceptors (Lipinski definition) is 3. The van der Waals surface area contributed by atoms with Crippen LogP contribution in [-0.4, -0.2) is 23.7 Å². The minimum atomic E-state index is -1.03. The van der Waals surface area contributed by atoms with Crippen molar-refractivity contribution in [2.45, 2.75) is 59.0 Å². The Morgan fingerprint density at radius 3 is 2.42 bits per heavy atom. The van der Waals surface area contributed by atoms with Crippen LogP contribution in [0.3, 0.4) is 0 Å². The number of hydrogen-bond donors (Lipinski definition) is 1. The highest BCUT2D eigenvalue weighted by Gasteiger charge is 2.14. The number of unbranched alkanes of at least 4 members (excludes halogenated alkanes) is 4. The summed E-state index contributed by atoms with van der Waals surface area (Å²) in [6.07, 6.45) is 8.14. The van der Waals surface area contributed by atoms with Crippen molar-refractivity contribution < 1.29 is 19.4 Å². The second-order valence-electron chi connectivity index (χ2n) is 4.64. The normalized spacial score (nSPS) is 14.1. The molecule has 0 aliphatic heterocycles. The van der Waals surface area contributed by atoms with Crippen LogP contribution in [0.2, 0.25) is 0 Å². The highest BCUT2D eigenvalue weighted by atomic mass is 16.5. The zero-order valence-corrected chi connectivity index (χ0v) is 12.0. The summed E-state index contributed by atoms with van der Waals surface area (Å²) in [4.78, 5) is 21.1. The van der Waals surface area contributed by atoms with E-state index < -0.39 is 12.1 Å². The lowest BCUT2D eigenvalue weighted by Crippen LogP contribution is -2.16. The van der Waals surface area contributed by atoms with Crippen LogP contribution in [0.1, 0.15) is 52.9 Å². The molecular weight excluding hydrogens is 244 g/mol. The number of carbonyl (C=O) groups is 2. The first-order valence-corrected chi connectivity index (χ1v) is 6.69. The van der Waals surface area contributed by atoms with Crippen molar-refractivity contribution in [1.82, 2.24) is 0 Å². The van der Waals surface area contributed by atoms with E-state index in [1.165, 1.54) is 19.3 Å². The molecule has 0 saturated carbocycles. The fraction of sp³-hybridized carbons (Fsp3) is 0.600. The lowest BCUT2D eigenvalue weighted by molar-refractivity contribution is -0.133. The largest absolute Gasteiger partial charge is 0.478 e. The minimum Gasteiger partial charge on any atom is -0.478 e. The van der Waals surface area contributed by atoms with E-state index in [-0.39, 0.29) is 0 Å². The van der Waals surface area contributed by atoms with E-state index in [0.717, 1.165) is 24.5 Å². The van der Waals surface area contributed by atoms with Crippen molar-refractivity contribution in [3.63, 3.8) is 0 Å². The van der Waals surface area contributed by atoms with Gasteiger partial charge in [0, 0.05) is 6.08 Å². The minimum absolute atomic E-state index is 0.359. The highest BCUT2D eigenvalue weighted by molar-refractivity contribution is 5.81. The van der Waals surface area contributed by atoms with Crippen LogP contribution in [0.5, 0.6) is 0 Å². The average Bonchev–Trinajstić information content (AvgIpc) is 2.34. The van der Waals surface area contributed by atoms with E-state index in [1.54, 1.807) is 6.92 Å². The summed E-state index contributed by atoms with van der Waals surface area (Å²) in [5.74, 6) is -1.03. The van der Waals surface area contributed by atoms with Gasteiger partial charge < -0.3 is 9.84 Å². The van der Waals surface area contributed by atoms with Crippen LogP contribution >= 0.6 is 0 Å².